The topological polar surface area (TPSA) is 77.1 Å². The van der Waals surface area contributed by atoms with E-state index in [4.69, 9.17) is 23.2 Å². The first-order valence-electron chi connectivity index (χ1n) is 8.38. The first-order valence-corrected chi connectivity index (χ1v) is 10.4. The van der Waals surface area contributed by atoms with Crippen molar-refractivity contribution in [2.45, 2.75) is 25.0 Å². The van der Waals surface area contributed by atoms with Gasteiger partial charge in [0.05, 0.1) is 33.5 Å². The van der Waals surface area contributed by atoms with Crippen LogP contribution in [0, 0.1) is 0 Å². The minimum absolute atomic E-state index is 0.285. The second-order valence-electron chi connectivity index (χ2n) is 5.93. The fourth-order valence-corrected chi connectivity index (χ4v) is 3.92. The summed E-state index contributed by atoms with van der Waals surface area (Å²) in [6.07, 6.45) is 3.63. The zero-order valence-corrected chi connectivity index (χ0v) is 17.5. The third-order valence-corrected chi connectivity index (χ3v) is 5.82. The van der Waals surface area contributed by atoms with Gasteiger partial charge < -0.3 is 9.67 Å². The van der Waals surface area contributed by atoms with E-state index in [0.717, 1.165) is 5.03 Å². The molecule has 0 saturated heterocycles. The predicted octanol–water partition coefficient (Wildman–Crippen LogP) is 4.51. The number of carboxylic acid groups (broad SMARTS) is 1. The molecule has 6 nitrogen and oxygen atoms in total. The smallest absolute Gasteiger partial charge is 0.341 e. The maximum absolute atomic E-state index is 12.7. The Balaban J connectivity index is 2.29. The molecule has 2 aromatic heterocycles. The zero-order chi connectivity index (χ0) is 20.4. The number of aromatic carboxylic acids is 1. The van der Waals surface area contributed by atoms with Gasteiger partial charge in [0.1, 0.15) is 5.56 Å². The largest absolute Gasteiger partial charge is 0.477 e. The van der Waals surface area contributed by atoms with Crippen LogP contribution in [-0.4, -0.2) is 31.7 Å². The number of pyridine rings is 1. The van der Waals surface area contributed by atoms with Crippen molar-refractivity contribution in [1.29, 1.82) is 0 Å². The summed E-state index contributed by atoms with van der Waals surface area (Å²) in [5.41, 5.74) is 0.602. The molecule has 0 saturated carbocycles. The molecule has 2 heterocycles. The van der Waals surface area contributed by atoms with Crippen LogP contribution in [0.4, 0.5) is 0 Å². The van der Waals surface area contributed by atoms with Crippen LogP contribution in [0.25, 0.3) is 11.3 Å². The number of rotatable bonds is 6. The fraction of sp³-hybridized carbons (Fsp3) is 0.211. The Labute approximate surface area is 175 Å². The van der Waals surface area contributed by atoms with Crippen LogP contribution in [0.2, 0.25) is 10.0 Å². The summed E-state index contributed by atoms with van der Waals surface area (Å²) in [5, 5.41) is 15.6. The second-order valence-corrected chi connectivity index (χ2v) is 7.57. The first-order chi connectivity index (χ1) is 13.4. The molecule has 3 aromatic rings. The molecular weight excluding hydrogens is 421 g/mol. The quantitative estimate of drug-likeness (QED) is 0.574. The molecule has 28 heavy (non-hydrogen) atoms. The number of hydrogen-bond acceptors (Lipinski definition) is 4. The van der Waals surface area contributed by atoms with Gasteiger partial charge >= 0.3 is 5.97 Å². The van der Waals surface area contributed by atoms with Gasteiger partial charge in [-0.15, -0.1) is 11.8 Å². The maximum atomic E-state index is 12.7. The van der Waals surface area contributed by atoms with E-state index in [1.807, 2.05) is 19.2 Å². The maximum Gasteiger partial charge on any atom is 0.341 e. The molecule has 0 aliphatic rings. The lowest BCUT2D eigenvalue weighted by Gasteiger charge is -2.20. The molecule has 0 bridgehead atoms. The number of halogens is 2. The lowest BCUT2D eigenvalue weighted by Crippen LogP contribution is -2.24. The summed E-state index contributed by atoms with van der Waals surface area (Å²) in [4.78, 5) is 24.6. The van der Waals surface area contributed by atoms with Gasteiger partial charge in [0.15, 0.2) is 5.43 Å². The van der Waals surface area contributed by atoms with Gasteiger partial charge in [-0.25, -0.2) is 4.79 Å². The molecular formula is C19H17Cl2N3O3S. The van der Waals surface area contributed by atoms with E-state index < -0.39 is 11.4 Å². The van der Waals surface area contributed by atoms with E-state index in [1.54, 1.807) is 33.6 Å². The van der Waals surface area contributed by atoms with E-state index in [-0.39, 0.29) is 10.6 Å². The molecule has 0 unspecified atom stereocenters. The molecule has 1 N–H and O–H groups in total. The summed E-state index contributed by atoms with van der Waals surface area (Å²) < 4.78 is 3.57. The average molecular weight is 438 g/mol. The molecule has 0 aliphatic heterocycles. The highest BCUT2D eigenvalue weighted by atomic mass is 35.5. The molecule has 9 heteroatoms. The highest BCUT2D eigenvalue weighted by Crippen LogP contribution is 2.31. The number of carbonyl (C=O) groups is 1. The van der Waals surface area contributed by atoms with Crippen molar-refractivity contribution in [2.24, 2.45) is 0 Å². The lowest BCUT2D eigenvalue weighted by atomic mass is 10.0. The molecule has 0 amide bonds. The Kier molecular flexibility index (Phi) is 6.17. The summed E-state index contributed by atoms with van der Waals surface area (Å²) in [5.74, 6) is -1.29. The second kappa shape index (κ2) is 8.43. The SMILES string of the molecule is CCn1c(Cn2nccc2SC)cc(=O)c(C(=O)O)c1-c1ccc(Cl)c(Cl)c1. The fourth-order valence-electron chi connectivity index (χ4n) is 3.11. The van der Waals surface area contributed by atoms with Gasteiger partial charge in [-0.3, -0.25) is 9.48 Å². The summed E-state index contributed by atoms with van der Waals surface area (Å²) >= 11 is 13.7. The van der Waals surface area contributed by atoms with E-state index in [9.17, 15) is 14.7 Å². The number of aromatic nitrogens is 3. The molecule has 0 atom stereocenters. The van der Waals surface area contributed by atoms with Crippen LogP contribution < -0.4 is 5.43 Å². The van der Waals surface area contributed by atoms with Crippen molar-refractivity contribution < 1.29 is 9.90 Å². The van der Waals surface area contributed by atoms with Crippen LogP contribution in [-0.2, 0) is 13.1 Å². The van der Waals surface area contributed by atoms with Gasteiger partial charge in [0, 0.05) is 23.9 Å². The van der Waals surface area contributed by atoms with Crippen LogP contribution in [0.1, 0.15) is 23.0 Å². The number of benzene rings is 1. The monoisotopic (exact) mass is 437 g/mol. The number of hydrogen-bond donors (Lipinski definition) is 1. The van der Waals surface area contributed by atoms with Crippen molar-refractivity contribution in [1.82, 2.24) is 14.3 Å². The van der Waals surface area contributed by atoms with Crippen molar-refractivity contribution >= 4 is 40.9 Å². The Morgan fingerprint density at radius 1 is 1.21 bits per heavy atom. The minimum atomic E-state index is -1.29. The highest BCUT2D eigenvalue weighted by molar-refractivity contribution is 7.98. The Morgan fingerprint density at radius 3 is 2.57 bits per heavy atom. The van der Waals surface area contributed by atoms with Gasteiger partial charge in [0.2, 0.25) is 0 Å². The van der Waals surface area contributed by atoms with Crippen LogP contribution in [0.5, 0.6) is 0 Å². The predicted molar refractivity (Wildman–Crippen MR) is 112 cm³/mol. The van der Waals surface area contributed by atoms with Crippen molar-refractivity contribution in [2.75, 3.05) is 6.26 Å². The highest BCUT2D eigenvalue weighted by Gasteiger charge is 2.22. The first kappa shape index (κ1) is 20.5. The Morgan fingerprint density at radius 2 is 1.96 bits per heavy atom. The molecule has 0 aliphatic carbocycles. The molecule has 146 valence electrons. The van der Waals surface area contributed by atoms with Gasteiger partial charge in [-0.05, 0) is 31.4 Å². The van der Waals surface area contributed by atoms with Crippen LogP contribution in [0.3, 0.4) is 0 Å². The number of nitrogens with zero attached hydrogens (tertiary/aromatic N) is 3. The number of carboxylic acids is 1. The molecule has 0 fully saturated rings. The molecule has 0 radical (unpaired) electrons. The normalized spacial score (nSPS) is 11.0. The third kappa shape index (κ3) is 3.83. The summed E-state index contributed by atoms with van der Waals surface area (Å²) in [6.45, 7) is 2.68. The molecule has 3 rings (SSSR count). The van der Waals surface area contributed by atoms with E-state index in [1.165, 1.54) is 17.8 Å². The molecule has 1 aromatic carbocycles. The van der Waals surface area contributed by atoms with Crippen molar-refractivity contribution in [3.63, 3.8) is 0 Å². The number of thioether (sulfide) groups is 1. The minimum Gasteiger partial charge on any atom is -0.477 e. The van der Waals surface area contributed by atoms with Gasteiger partial charge in [-0.2, -0.15) is 5.10 Å². The van der Waals surface area contributed by atoms with Crippen molar-refractivity contribution in [3.05, 3.63) is 68.1 Å². The van der Waals surface area contributed by atoms with Crippen molar-refractivity contribution in [3.8, 4) is 11.3 Å². The summed E-state index contributed by atoms with van der Waals surface area (Å²) in [6, 6.07) is 8.06. The Bertz CT molecular complexity index is 1110. The molecule has 0 spiro atoms. The van der Waals surface area contributed by atoms with Crippen LogP contribution >= 0.6 is 35.0 Å². The Hall–Kier alpha value is -2.22. The van der Waals surface area contributed by atoms with Gasteiger partial charge in [-0.1, -0.05) is 29.3 Å². The standard InChI is InChI=1S/C19H17Cl2N3O3S/c1-3-23-12(10-24-16(28-2)6-7-22-24)9-15(25)17(19(26)27)18(23)11-4-5-13(20)14(21)8-11/h4-9H,3,10H2,1-2H3,(H,26,27). The average Bonchev–Trinajstić information content (AvgIpc) is 3.10. The zero-order valence-electron chi connectivity index (χ0n) is 15.1. The van der Waals surface area contributed by atoms with E-state index in [0.29, 0.717) is 35.1 Å². The lowest BCUT2D eigenvalue weighted by molar-refractivity contribution is 0.0695. The van der Waals surface area contributed by atoms with E-state index in [2.05, 4.69) is 5.10 Å². The van der Waals surface area contributed by atoms with Crippen LogP contribution in [0.15, 0.2) is 46.3 Å². The summed E-state index contributed by atoms with van der Waals surface area (Å²) in [7, 11) is 0. The van der Waals surface area contributed by atoms with E-state index >= 15 is 0 Å². The third-order valence-electron chi connectivity index (χ3n) is 4.32. The van der Waals surface area contributed by atoms with Gasteiger partial charge in [0.25, 0.3) is 0 Å².